The number of methoxy groups -OCH3 is 2. The third-order valence-corrected chi connectivity index (χ3v) is 6.26. The lowest BCUT2D eigenvalue weighted by molar-refractivity contribution is 0.313. The number of phenols is 1. The van der Waals surface area contributed by atoms with Gasteiger partial charge >= 0.3 is 0 Å². The van der Waals surface area contributed by atoms with E-state index < -0.39 is 0 Å². The van der Waals surface area contributed by atoms with Crippen molar-refractivity contribution in [3.63, 3.8) is 0 Å². The van der Waals surface area contributed by atoms with Crippen LogP contribution in [0.2, 0.25) is 0 Å². The Labute approximate surface area is 202 Å². The second kappa shape index (κ2) is 10.3. The van der Waals surface area contributed by atoms with Gasteiger partial charge in [-0.2, -0.15) is 0 Å². The van der Waals surface area contributed by atoms with Crippen molar-refractivity contribution < 1.29 is 19.3 Å². The van der Waals surface area contributed by atoms with E-state index in [4.69, 9.17) is 19.2 Å². The maximum Gasteiger partial charge on any atom is 0.162 e. The summed E-state index contributed by atoms with van der Waals surface area (Å²) in [6.07, 6.45) is 0.284. The fraction of sp³-hybridized carbons (Fsp3) is 0.269. The summed E-state index contributed by atoms with van der Waals surface area (Å²) in [6.45, 7) is 2.38. The summed E-state index contributed by atoms with van der Waals surface area (Å²) < 4.78 is 17.3. The van der Waals surface area contributed by atoms with Crippen LogP contribution >= 0.6 is 15.9 Å². The molecule has 0 saturated heterocycles. The lowest BCUT2D eigenvalue weighted by Gasteiger charge is -2.31. The minimum atomic E-state index is -0.317. The number of hydrogen-bond donors (Lipinski definition) is 2. The van der Waals surface area contributed by atoms with Crippen molar-refractivity contribution in [3.8, 4) is 23.0 Å². The quantitative estimate of drug-likeness (QED) is 0.420. The highest BCUT2D eigenvalue weighted by atomic mass is 79.9. The first-order valence-corrected chi connectivity index (χ1v) is 11.6. The molecule has 6 nitrogen and oxygen atoms in total. The number of rotatable bonds is 7. The highest BCUT2D eigenvalue weighted by Crippen LogP contribution is 2.39. The van der Waals surface area contributed by atoms with Crippen LogP contribution in [0, 0.1) is 0 Å². The molecule has 1 aliphatic rings. The van der Waals surface area contributed by atoms with Crippen LogP contribution in [0.15, 0.2) is 70.1 Å². The van der Waals surface area contributed by atoms with Gasteiger partial charge in [0.15, 0.2) is 11.5 Å². The molecule has 0 aromatic heterocycles. The number of hydrogen-bond acceptors (Lipinski definition) is 6. The lowest BCUT2D eigenvalue weighted by Crippen LogP contribution is -2.33. The zero-order valence-corrected chi connectivity index (χ0v) is 20.4. The SMILES string of the molecule is CCOc1cccc([C@H]2CC(c3cccc(OC)c3)=N[C@@H](c3ccc(OC)c(Br)c3)N2)c1O. The monoisotopic (exact) mass is 510 g/mol. The zero-order chi connectivity index (χ0) is 23.4. The predicted molar refractivity (Wildman–Crippen MR) is 133 cm³/mol. The lowest BCUT2D eigenvalue weighted by atomic mass is 9.93. The van der Waals surface area contributed by atoms with E-state index in [0.29, 0.717) is 18.8 Å². The number of nitrogens with one attached hydrogen (secondary N) is 1. The molecule has 1 aliphatic heterocycles. The first kappa shape index (κ1) is 23.1. The molecule has 0 radical (unpaired) electrons. The third kappa shape index (κ3) is 4.99. The highest BCUT2D eigenvalue weighted by molar-refractivity contribution is 9.10. The number of benzene rings is 3. The molecule has 0 spiro atoms. The predicted octanol–water partition coefficient (Wildman–Crippen LogP) is 5.79. The Hall–Kier alpha value is -3.03. The number of halogens is 1. The molecule has 3 aromatic rings. The summed E-state index contributed by atoms with van der Waals surface area (Å²) in [5, 5.41) is 14.5. The van der Waals surface area contributed by atoms with Gasteiger partial charge in [-0.15, -0.1) is 0 Å². The number of aromatic hydroxyl groups is 1. The molecule has 0 saturated carbocycles. The van der Waals surface area contributed by atoms with Crippen LogP contribution in [0.4, 0.5) is 0 Å². The standard InChI is InChI=1S/C26H27BrN2O4/c1-4-33-24-10-6-9-19(25(24)30)22-15-21(16-7-5-8-18(13-16)31-2)28-26(29-22)17-11-12-23(32-3)20(27)14-17/h5-14,22,26,29-30H,4,15H2,1-3H3/t22-,26-/m1/s1. The number of ether oxygens (including phenoxy) is 3. The summed E-state index contributed by atoms with van der Waals surface area (Å²) in [5.74, 6) is 2.16. The van der Waals surface area contributed by atoms with E-state index >= 15 is 0 Å². The van der Waals surface area contributed by atoms with Gasteiger partial charge in [-0.25, -0.2) is 0 Å². The minimum Gasteiger partial charge on any atom is -0.504 e. The molecule has 0 amide bonds. The van der Waals surface area contributed by atoms with Gasteiger partial charge in [0.1, 0.15) is 17.7 Å². The molecular weight excluding hydrogens is 484 g/mol. The van der Waals surface area contributed by atoms with E-state index in [-0.39, 0.29) is 18.0 Å². The van der Waals surface area contributed by atoms with Crippen LogP contribution in [0.5, 0.6) is 23.0 Å². The fourth-order valence-electron chi connectivity index (χ4n) is 4.00. The van der Waals surface area contributed by atoms with Crippen LogP contribution in [0.1, 0.15) is 42.2 Å². The highest BCUT2D eigenvalue weighted by Gasteiger charge is 2.29. The maximum absolute atomic E-state index is 10.9. The largest absolute Gasteiger partial charge is 0.504 e. The Morgan fingerprint density at radius 1 is 1.03 bits per heavy atom. The summed E-state index contributed by atoms with van der Waals surface area (Å²) in [6, 6.07) is 19.2. The molecule has 2 atom stereocenters. The molecule has 0 aliphatic carbocycles. The molecule has 7 heteroatoms. The molecular formula is C26H27BrN2O4. The zero-order valence-electron chi connectivity index (χ0n) is 18.8. The van der Waals surface area contributed by atoms with E-state index in [1.54, 1.807) is 20.3 Å². The van der Waals surface area contributed by atoms with Crippen molar-refractivity contribution in [3.05, 3.63) is 81.8 Å². The van der Waals surface area contributed by atoms with Gasteiger partial charge in [0.05, 0.1) is 25.3 Å². The summed E-state index contributed by atoms with van der Waals surface area (Å²) >= 11 is 3.58. The maximum atomic E-state index is 10.9. The molecule has 2 N–H and O–H groups in total. The molecule has 1 heterocycles. The molecule has 0 bridgehead atoms. The Kier molecular flexibility index (Phi) is 7.20. The Balaban J connectivity index is 1.77. The van der Waals surface area contributed by atoms with E-state index in [1.165, 1.54) is 0 Å². The fourth-order valence-corrected chi connectivity index (χ4v) is 4.56. The molecule has 4 rings (SSSR count). The van der Waals surface area contributed by atoms with Crippen molar-refractivity contribution in [1.82, 2.24) is 5.32 Å². The molecule has 3 aromatic carbocycles. The number of para-hydroxylation sites is 1. The third-order valence-electron chi connectivity index (χ3n) is 5.64. The average molecular weight is 511 g/mol. The average Bonchev–Trinajstić information content (AvgIpc) is 2.85. The summed E-state index contributed by atoms with van der Waals surface area (Å²) in [4.78, 5) is 5.03. The van der Waals surface area contributed by atoms with Crippen LogP contribution in [0.3, 0.4) is 0 Å². The smallest absolute Gasteiger partial charge is 0.162 e. The van der Waals surface area contributed by atoms with Crippen LogP contribution in [-0.2, 0) is 0 Å². The number of nitrogens with zero attached hydrogens (tertiary/aromatic N) is 1. The topological polar surface area (TPSA) is 72.3 Å². The van der Waals surface area contributed by atoms with Crippen molar-refractivity contribution >= 4 is 21.6 Å². The van der Waals surface area contributed by atoms with Crippen molar-refractivity contribution in [2.24, 2.45) is 4.99 Å². The molecule has 0 fully saturated rings. The molecule has 33 heavy (non-hydrogen) atoms. The van der Waals surface area contributed by atoms with E-state index in [1.807, 2.05) is 61.5 Å². The van der Waals surface area contributed by atoms with Gasteiger partial charge in [0.2, 0.25) is 0 Å². The summed E-state index contributed by atoms with van der Waals surface area (Å²) in [5.41, 5.74) is 3.66. The van der Waals surface area contributed by atoms with Gasteiger partial charge in [-0.3, -0.25) is 10.3 Å². The molecule has 0 unspecified atom stereocenters. The van der Waals surface area contributed by atoms with E-state index in [2.05, 4.69) is 21.2 Å². The Morgan fingerprint density at radius 2 is 1.85 bits per heavy atom. The number of phenolic OH excluding ortho intramolecular Hbond substituents is 1. The van der Waals surface area contributed by atoms with Crippen LogP contribution in [0.25, 0.3) is 0 Å². The van der Waals surface area contributed by atoms with Gasteiger partial charge in [-0.1, -0.05) is 30.3 Å². The summed E-state index contributed by atoms with van der Waals surface area (Å²) in [7, 11) is 3.29. The van der Waals surface area contributed by atoms with Crippen molar-refractivity contribution in [2.45, 2.75) is 25.6 Å². The first-order valence-electron chi connectivity index (χ1n) is 10.8. The van der Waals surface area contributed by atoms with Gasteiger partial charge in [-0.05, 0) is 64.3 Å². The van der Waals surface area contributed by atoms with Gasteiger partial charge < -0.3 is 19.3 Å². The normalized spacial score (nSPS) is 17.9. The second-order valence-corrected chi connectivity index (χ2v) is 8.51. The molecule has 172 valence electrons. The van der Waals surface area contributed by atoms with Crippen LogP contribution < -0.4 is 19.5 Å². The van der Waals surface area contributed by atoms with E-state index in [0.717, 1.165) is 38.4 Å². The second-order valence-electron chi connectivity index (χ2n) is 7.65. The first-order chi connectivity index (χ1) is 16.0. The van der Waals surface area contributed by atoms with Gasteiger partial charge in [0.25, 0.3) is 0 Å². The minimum absolute atomic E-state index is 0.151. The van der Waals surface area contributed by atoms with Gasteiger partial charge in [0, 0.05) is 23.7 Å². The van der Waals surface area contributed by atoms with Crippen molar-refractivity contribution in [2.75, 3.05) is 20.8 Å². The van der Waals surface area contributed by atoms with E-state index in [9.17, 15) is 5.11 Å². The Morgan fingerprint density at radius 3 is 2.58 bits per heavy atom. The number of aliphatic imine (C=N–C) groups is 1. The Bertz CT molecular complexity index is 1160. The van der Waals surface area contributed by atoms with Crippen molar-refractivity contribution in [1.29, 1.82) is 0 Å². The van der Waals surface area contributed by atoms with Crippen LogP contribution in [-0.4, -0.2) is 31.6 Å².